The molecule has 0 spiro atoms. The number of nitrogens with zero attached hydrogens (tertiary/aromatic N) is 1. The zero-order valence-corrected chi connectivity index (χ0v) is 9.70. The van der Waals surface area contributed by atoms with E-state index in [-0.39, 0.29) is 5.91 Å². The molecular formula is C9H16ClNOS. The van der Waals surface area contributed by atoms with Gasteiger partial charge in [0.05, 0.1) is 0 Å². The number of halogens is 1. The second kappa shape index (κ2) is 5.11. The average molecular weight is 222 g/mol. The van der Waals surface area contributed by atoms with Gasteiger partial charge in [0.2, 0.25) is 5.91 Å². The van der Waals surface area contributed by atoms with Gasteiger partial charge in [-0.25, -0.2) is 0 Å². The first-order valence-electron chi connectivity index (χ1n) is 4.64. The molecule has 2 unspecified atom stereocenters. The third kappa shape index (κ3) is 2.78. The van der Waals surface area contributed by atoms with E-state index in [1.165, 1.54) is 0 Å². The quantitative estimate of drug-likeness (QED) is 0.665. The zero-order valence-electron chi connectivity index (χ0n) is 8.12. The van der Waals surface area contributed by atoms with Crippen molar-refractivity contribution in [3.05, 3.63) is 0 Å². The Kier molecular flexibility index (Phi) is 4.39. The summed E-state index contributed by atoms with van der Waals surface area (Å²) in [6.07, 6.45) is 0.475. The third-order valence-corrected chi connectivity index (χ3v) is 4.04. The maximum atomic E-state index is 11.6. The third-order valence-electron chi connectivity index (χ3n) is 2.51. The van der Waals surface area contributed by atoms with Crippen LogP contribution < -0.4 is 0 Å². The molecule has 76 valence electrons. The second-order valence-electron chi connectivity index (χ2n) is 3.34. The highest BCUT2D eigenvalue weighted by molar-refractivity contribution is 8.00. The molecule has 2 nitrogen and oxygen atoms in total. The second-order valence-corrected chi connectivity index (χ2v) is 5.21. The van der Waals surface area contributed by atoms with Crippen molar-refractivity contribution in [2.45, 2.75) is 31.6 Å². The first kappa shape index (κ1) is 11.2. The molecule has 0 aromatic rings. The normalized spacial score (nSPS) is 29.0. The van der Waals surface area contributed by atoms with Crippen LogP contribution in [0, 0.1) is 0 Å². The van der Waals surface area contributed by atoms with Crippen molar-refractivity contribution in [1.29, 1.82) is 0 Å². The van der Waals surface area contributed by atoms with E-state index in [0.29, 0.717) is 23.6 Å². The van der Waals surface area contributed by atoms with Crippen LogP contribution in [0.4, 0.5) is 0 Å². The summed E-state index contributed by atoms with van der Waals surface area (Å²) in [5.41, 5.74) is 0. The van der Waals surface area contributed by atoms with Crippen molar-refractivity contribution < 1.29 is 4.79 Å². The van der Waals surface area contributed by atoms with Gasteiger partial charge in [0.1, 0.15) is 0 Å². The van der Waals surface area contributed by atoms with Gasteiger partial charge < -0.3 is 4.90 Å². The lowest BCUT2D eigenvalue weighted by atomic mass is 10.2. The summed E-state index contributed by atoms with van der Waals surface area (Å²) in [4.78, 5) is 13.5. The lowest BCUT2D eigenvalue weighted by Crippen LogP contribution is -2.48. The van der Waals surface area contributed by atoms with Crippen molar-refractivity contribution in [3.8, 4) is 0 Å². The van der Waals surface area contributed by atoms with Crippen molar-refractivity contribution in [3.63, 3.8) is 0 Å². The number of hydrogen-bond acceptors (Lipinski definition) is 2. The fourth-order valence-corrected chi connectivity index (χ4v) is 2.77. The molecule has 0 N–H and O–H groups in total. The molecule has 1 heterocycles. The fraction of sp³-hybridized carbons (Fsp3) is 0.889. The van der Waals surface area contributed by atoms with Gasteiger partial charge in [-0.3, -0.25) is 4.79 Å². The maximum Gasteiger partial charge on any atom is 0.224 e. The highest BCUT2D eigenvalue weighted by atomic mass is 35.5. The Balaban J connectivity index is 2.52. The van der Waals surface area contributed by atoms with E-state index in [0.717, 1.165) is 12.3 Å². The average Bonchev–Trinajstić information content (AvgIpc) is 2.10. The molecule has 1 aliphatic heterocycles. The van der Waals surface area contributed by atoms with E-state index < -0.39 is 0 Å². The van der Waals surface area contributed by atoms with Crippen LogP contribution in [0.2, 0.25) is 0 Å². The molecule has 0 aromatic heterocycles. The molecule has 1 fully saturated rings. The summed E-state index contributed by atoms with van der Waals surface area (Å²) < 4.78 is 0. The minimum atomic E-state index is 0.203. The first-order chi connectivity index (χ1) is 6.16. The molecule has 0 radical (unpaired) electrons. The summed E-state index contributed by atoms with van der Waals surface area (Å²) in [5, 5.41) is 0.549. The lowest BCUT2D eigenvalue weighted by Gasteiger charge is -2.37. The minimum Gasteiger partial charge on any atom is -0.338 e. The Morgan fingerprint density at radius 3 is 2.92 bits per heavy atom. The number of rotatable bonds is 2. The number of alkyl halides is 1. The summed E-state index contributed by atoms with van der Waals surface area (Å²) in [6, 6.07) is 0.356. The zero-order chi connectivity index (χ0) is 9.84. The van der Waals surface area contributed by atoms with Crippen LogP contribution in [-0.2, 0) is 4.79 Å². The molecular weight excluding hydrogens is 206 g/mol. The monoisotopic (exact) mass is 221 g/mol. The van der Waals surface area contributed by atoms with E-state index in [2.05, 4.69) is 13.8 Å². The molecule has 0 aromatic carbocycles. The van der Waals surface area contributed by atoms with Gasteiger partial charge in [0, 0.05) is 35.9 Å². The van der Waals surface area contributed by atoms with Crippen molar-refractivity contribution in [2.24, 2.45) is 0 Å². The van der Waals surface area contributed by atoms with Crippen LogP contribution in [0.15, 0.2) is 0 Å². The van der Waals surface area contributed by atoms with Gasteiger partial charge in [0.15, 0.2) is 0 Å². The molecule has 0 saturated carbocycles. The van der Waals surface area contributed by atoms with Gasteiger partial charge >= 0.3 is 0 Å². The van der Waals surface area contributed by atoms with Crippen LogP contribution >= 0.6 is 23.4 Å². The highest BCUT2D eigenvalue weighted by Crippen LogP contribution is 2.24. The predicted molar refractivity (Wildman–Crippen MR) is 58.4 cm³/mol. The van der Waals surface area contributed by atoms with Gasteiger partial charge in [-0.15, -0.1) is 11.6 Å². The van der Waals surface area contributed by atoms with Crippen molar-refractivity contribution in [2.75, 3.05) is 18.2 Å². The van der Waals surface area contributed by atoms with E-state index in [9.17, 15) is 4.79 Å². The van der Waals surface area contributed by atoms with Crippen molar-refractivity contribution in [1.82, 2.24) is 4.90 Å². The standard InChI is InChI=1S/C9H16ClNOS/c1-7-8(2)13-6-5-11(7)9(12)3-4-10/h7-8H,3-6H2,1-2H3. The molecule has 1 saturated heterocycles. The van der Waals surface area contributed by atoms with Crippen LogP contribution in [-0.4, -0.2) is 40.3 Å². The van der Waals surface area contributed by atoms with E-state index in [4.69, 9.17) is 11.6 Å². The number of carbonyl (C=O) groups excluding carboxylic acids is 1. The van der Waals surface area contributed by atoms with E-state index in [1.54, 1.807) is 0 Å². The largest absolute Gasteiger partial charge is 0.338 e. The smallest absolute Gasteiger partial charge is 0.224 e. The maximum absolute atomic E-state index is 11.6. The molecule has 0 bridgehead atoms. The van der Waals surface area contributed by atoms with Crippen LogP contribution in [0.25, 0.3) is 0 Å². The van der Waals surface area contributed by atoms with Gasteiger partial charge in [-0.2, -0.15) is 11.8 Å². The summed E-state index contributed by atoms with van der Waals surface area (Å²) in [7, 11) is 0. The molecule has 0 aliphatic carbocycles. The summed E-state index contributed by atoms with van der Waals surface area (Å²) >= 11 is 7.49. The van der Waals surface area contributed by atoms with Gasteiger partial charge in [0.25, 0.3) is 0 Å². The lowest BCUT2D eigenvalue weighted by molar-refractivity contribution is -0.132. The molecule has 1 amide bonds. The molecule has 4 heteroatoms. The number of carbonyl (C=O) groups is 1. The Bertz CT molecular complexity index is 188. The van der Waals surface area contributed by atoms with Crippen LogP contribution in [0.3, 0.4) is 0 Å². The van der Waals surface area contributed by atoms with Crippen molar-refractivity contribution >= 4 is 29.3 Å². The molecule has 1 aliphatic rings. The SMILES string of the molecule is CC1SCCN(C(=O)CCCl)C1C. The molecule has 1 rings (SSSR count). The molecule has 13 heavy (non-hydrogen) atoms. The Labute approximate surface area is 89.0 Å². The topological polar surface area (TPSA) is 20.3 Å². The molecule has 2 atom stereocenters. The van der Waals surface area contributed by atoms with Crippen LogP contribution in [0.5, 0.6) is 0 Å². The summed E-state index contributed by atoms with van der Waals surface area (Å²) in [5.74, 6) is 1.69. The number of hydrogen-bond donors (Lipinski definition) is 0. The fourth-order valence-electron chi connectivity index (χ4n) is 1.51. The Hall–Kier alpha value is 0.110. The number of thioether (sulfide) groups is 1. The van der Waals surface area contributed by atoms with Gasteiger partial charge in [-0.1, -0.05) is 6.92 Å². The Morgan fingerprint density at radius 2 is 2.31 bits per heavy atom. The van der Waals surface area contributed by atoms with E-state index in [1.807, 2.05) is 16.7 Å². The summed E-state index contributed by atoms with van der Waals surface area (Å²) in [6.45, 7) is 5.17. The number of amides is 1. The van der Waals surface area contributed by atoms with E-state index >= 15 is 0 Å². The highest BCUT2D eigenvalue weighted by Gasteiger charge is 2.27. The first-order valence-corrected chi connectivity index (χ1v) is 6.22. The van der Waals surface area contributed by atoms with Crippen LogP contribution in [0.1, 0.15) is 20.3 Å². The Morgan fingerprint density at radius 1 is 1.62 bits per heavy atom. The van der Waals surface area contributed by atoms with Gasteiger partial charge in [-0.05, 0) is 6.92 Å². The minimum absolute atomic E-state index is 0.203. The predicted octanol–water partition coefficient (Wildman–Crippen LogP) is 1.97.